The number of aromatic nitrogens is 1. The molecule has 2 bridgehead atoms. The third-order valence-corrected chi connectivity index (χ3v) is 9.19. The summed E-state index contributed by atoms with van der Waals surface area (Å²) < 4.78 is 5.40. The SMILES string of the molecule is COc1cccc2[nH]c(C(=O)N[C@@H](CC3CC3)C(=O)N[C@@]3(C#N)CCC4C[C@@H]5C(O)NC(=O)[C@@H]5[C@H]3C4)cc12. The molecule has 6 rings (SSSR count). The summed E-state index contributed by atoms with van der Waals surface area (Å²) in [5, 5.41) is 30.1. The molecule has 200 valence electrons. The first-order chi connectivity index (χ1) is 18.3. The van der Waals surface area contributed by atoms with Crippen LogP contribution in [0.2, 0.25) is 0 Å². The number of ether oxygens (including phenoxy) is 1. The Kier molecular flexibility index (Phi) is 6.06. The van der Waals surface area contributed by atoms with Crippen molar-refractivity contribution >= 4 is 28.6 Å². The van der Waals surface area contributed by atoms with E-state index in [1.807, 2.05) is 18.2 Å². The van der Waals surface area contributed by atoms with Gasteiger partial charge in [-0.05, 0) is 62.1 Å². The second-order valence-electron chi connectivity index (χ2n) is 11.5. The predicted molar refractivity (Wildman–Crippen MR) is 137 cm³/mol. The molecule has 0 spiro atoms. The van der Waals surface area contributed by atoms with E-state index in [0.717, 1.165) is 36.6 Å². The number of carbonyl (C=O) groups is 3. The molecule has 5 N–H and O–H groups in total. The molecule has 10 nitrogen and oxygen atoms in total. The van der Waals surface area contributed by atoms with E-state index in [1.165, 1.54) is 0 Å². The van der Waals surface area contributed by atoms with Crippen molar-refractivity contribution in [3.8, 4) is 11.8 Å². The highest BCUT2D eigenvalue weighted by Gasteiger charge is 2.59. The Morgan fingerprint density at radius 2 is 2.11 bits per heavy atom. The Bertz CT molecular complexity index is 1330. The van der Waals surface area contributed by atoms with Crippen LogP contribution < -0.4 is 20.7 Å². The van der Waals surface area contributed by atoms with Gasteiger partial charge >= 0.3 is 0 Å². The van der Waals surface area contributed by atoms with Gasteiger partial charge in [-0.25, -0.2) is 0 Å². The Labute approximate surface area is 220 Å². The lowest BCUT2D eigenvalue weighted by Gasteiger charge is -2.50. The van der Waals surface area contributed by atoms with Gasteiger partial charge in [0.1, 0.15) is 29.3 Å². The zero-order chi connectivity index (χ0) is 26.6. The number of benzene rings is 1. The molecule has 1 aliphatic heterocycles. The maximum atomic E-state index is 13.7. The number of H-pyrrole nitrogens is 1. The molecule has 3 amide bonds. The Morgan fingerprint density at radius 3 is 2.84 bits per heavy atom. The van der Waals surface area contributed by atoms with Crippen molar-refractivity contribution < 1.29 is 24.2 Å². The van der Waals surface area contributed by atoms with Gasteiger partial charge in [-0.3, -0.25) is 14.4 Å². The number of methoxy groups -OCH3 is 1. The molecule has 4 fully saturated rings. The van der Waals surface area contributed by atoms with E-state index in [0.29, 0.717) is 42.5 Å². The van der Waals surface area contributed by atoms with Crippen molar-refractivity contribution in [1.82, 2.24) is 20.9 Å². The average molecular weight is 520 g/mol. The molecule has 3 aliphatic carbocycles. The fraction of sp³-hybridized carbons (Fsp3) is 0.571. The molecule has 2 heterocycles. The number of rotatable bonds is 7. The van der Waals surface area contributed by atoms with Gasteiger partial charge in [0.2, 0.25) is 11.8 Å². The second-order valence-corrected chi connectivity index (χ2v) is 11.5. The Morgan fingerprint density at radius 1 is 1.29 bits per heavy atom. The summed E-state index contributed by atoms with van der Waals surface area (Å²) in [6.45, 7) is 0. The van der Waals surface area contributed by atoms with E-state index in [9.17, 15) is 24.8 Å². The molecule has 0 radical (unpaired) electrons. The summed E-state index contributed by atoms with van der Waals surface area (Å²) in [5.74, 6) is -0.918. The monoisotopic (exact) mass is 519 g/mol. The number of hydrogen-bond donors (Lipinski definition) is 5. The lowest BCUT2D eigenvalue weighted by atomic mass is 9.56. The third-order valence-electron chi connectivity index (χ3n) is 9.19. The molecule has 1 aromatic heterocycles. The van der Waals surface area contributed by atoms with Crippen LogP contribution in [-0.4, -0.2) is 52.7 Å². The van der Waals surface area contributed by atoms with E-state index in [2.05, 4.69) is 27.0 Å². The molecule has 4 aliphatic rings. The molecular weight excluding hydrogens is 486 g/mol. The molecule has 3 saturated carbocycles. The number of nitrogens with zero attached hydrogens (tertiary/aromatic N) is 1. The van der Waals surface area contributed by atoms with Gasteiger partial charge < -0.3 is 30.8 Å². The number of amides is 3. The zero-order valence-corrected chi connectivity index (χ0v) is 21.3. The number of carbonyl (C=O) groups excluding carboxylic acids is 3. The van der Waals surface area contributed by atoms with E-state index in [1.54, 1.807) is 13.2 Å². The first kappa shape index (κ1) is 24.7. The molecule has 2 aromatic rings. The number of hydrogen-bond acceptors (Lipinski definition) is 6. The number of aromatic amines is 1. The molecule has 38 heavy (non-hydrogen) atoms. The second kappa shape index (κ2) is 9.31. The third kappa shape index (κ3) is 4.19. The minimum Gasteiger partial charge on any atom is -0.496 e. The van der Waals surface area contributed by atoms with Gasteiger partial charge in [-0.2, -0.15) is 5.26 Å². The first-order valence-electron chi connectivity index (χ1n) is 13.5. The summed E-state index contributed by atoms with van der Waals surface area (Å²) in [6.07, 6.45) is 4.16. The van der Waals surface area contributed by atoms with E-state index in [-0.39, 0.29) is 17.7 Å². The van der Waals surface area contributed by atoms with Gasteiger partial charge in [0.25, 0.3) is 5.91 Å². The fourth-order valence-electron chi connectivity index (χ4n) is 7.05. The lowest BCUT2D eigenvalue weighted by Crippen LogP contribution is -2.63. The number of fused-ring (bicyclic) bond motifs is 5. The quantitative estimate of drug-likeness (QED) is 0.376. The fourth-order valence-corrected chi connectivity index (χ4v) is 7.05. The summed E-state index contributed by atoms with van der Waals surface area (Å²) in [7, 11) is 1.57. The summed E-state index contributed by atoms with van der Waals surface area (Å²) in [5.41, 5.74) is -0.151. The van der Waals surface area contributed by atoms with Crippen molar-refractivity contribution in [2.45, 2.75) is 62.8 Å². The summed E-state index contributed by atoms with van der Waals surface area (Å²) in [6, 6.07) is 8.76. The summed E-state index contributed by atoms with van der Waals surface area (Å²) >= 11 is 0. The highest BCUT2D eigenvalue weighted by Crippen LogP contribution is 2.53. The molecule has 10 heteroatoms. The maximum absolute atomic E-state index is 13.7. The smallest absolute Gasteiger partial charge is 0.268 e. The molecular formula is C28H33N5O5. The van der Waals surface area contributed by atoms with Crippen molar-refractivity contribution in [3.63, 3.8) is 0 Å². The number of aliphatic hydroxyl groups excluding tert-OH is 1. The molecule has 2 unspecified atom stereocenters. The largest absolute Gasteiger partial charge is 0.496 e. The van der Waals surface area contributed by atoms with E-state index < -0.39 is 35.5 Å². The van der Waals surface area contributed by atoms with Crippen molar-refractivity contribution in [2.75, 3.05) is 7.11 Å². The number of nitrogens with one attached hydrogen (secondary N) is 4. The summed E-state index contributed by atoms with van der Waals surface area (Å²) in [4.78, 5) is 42.8. The number of aliphatic hydroxyl groups is 1. The minimum atomic E-state index is -1.22. The first-order valence-corrected chi connectivity index (χ1v) is 13.5. The lowest BCUT2D eigenvalue weighted by molar-refractivity contribution is -0.132. The van der Waals surface area contributed by atoms with Crippen molar-refractivity contribution in [3.05, 3.63) is 30.0 Å². The standard InChI is InChI=1S/C28H33N5O5/c1-38-22-4-2-3-19-16(22)12-21(30-19)25(35)31-20(11-14-5-6-14)26(36)33-28(13-29)8-7-15-9-17-23(18(28)10-15)27(37)32-24(17)34/h2-4,12,14-15,17-18,20,23-24,30,34H,5-11H2,1H3,(H,31,35)(H,32,37)(H,33,36)/t15?,17-,18+,20-,23-,24?,28+/m0/s1. The Balaban J connectivity index is 1.23. The topological polar surface area (TPSA) is 156 Å². The van der Waals surface area contributed by atoms with Crippen LogP contribution in [0.5, 0.6) is 5.75 Å². The van der Waals surface area contributed by atoms with Crippen molar-refractivity contribution in [1.29, 1.82) is 5.26 Å². The zero-order valence-electron chi connectivity index (χ0n) is 21.3. The number of nitriles is 1. The van der Waals surface area contributed by atoms with Crippen LogP contribution in [0.25, 0.3) is 10.9 Å². The minimum absolute atomic E-state index is 0.251. The maximum Gasteiger partial charge on any atom is 0.268 e. The van der Waals surface area contributed by atoms with Gasteiger partial charge in [-0.15, -0.1) is 0 Å². The van der Waals surface area contributed by atoms with E-state index in [4.69, 9.17) is 4.74 Å². The average Bonchev–Trinajstić information content (AvgIpc) is 3.54. The van der Waals surface area contributed by atoms with Gasteiger partial charge in [0.15, 0.2) is 0 Å². The van der Waals surface area contributed by atoms with Crippen LogP contribution in [0.15, 0.2) is 24.3 Å². The van der Waals surface area contributed by atoms with Crippen LogP contribution in [-0.2, 0) is 9.59 Å². The van der Waals surface area contributed by atoms with Gasteiger partial charge in [0.05, 0.1) is 19.1 Å². The Hall–Kier alpha value is -3.58. The highest BCUT2D eigenvalue weighted by molar-refractivity contribution is 6.01. The van der Waals surface area contributed by atoms with Crippen molar-refractivity contribution in [2.24, 2.45) is 29.6 Å². The van der Waals surface area contributed by atoms with Gasteiger partial charge in [0, 0.05) is 22.7 Å². The highest BCUT2D eigenvalue weighted by atomic mass is 16.5. The molecule has 7 atom stereocenters. The van der Waals surface area contributed by atoms with Gasteiger partial charge in [-0.1, -0.05) is 18.9 Å². The van der Waals surface area contributed by atoms with Crippen LogP contribution in [0.1, 0.15) is 55.4 Å². The van der Waals surface area contributed by atoms with Crippen LogP contribution in [0.3, 0.4) is 0 Å². The molecule has 1 saturated heterocycles. The normalized spacial score (nSPS) is 32.6. The van der Waals surface area contributed by atoms with Crippen LogP contribution >= 0.6 is 0 Å². The van der Waals surface area contributed by atoms with E-state index >= 15 is 0 Å². The molecule has 1 aromatic carbocycles. The van der Waals surface area contributed by atoms with Crippen LogP contribution in [0.4, 0.5) is 0 Å². The van der Waals surface area contributed by atoms with Crippen LogP contribution in [0, 0.1) is 40.9 Å². The predicted octanol–water partition coefficient (Wildman–Crippen LogP) is 1.95.